The van der Waals surface area contributed by atoms with Crippen molar-refractivity contribution < 1.29 is 31.1 Å². The predicted octanol–water partition coefficient (Wildman–Crippen LogP) is 6.98. The summed E-state index contributed by atoms with van der Waals surface area (Å²) in [6, 6.07) is 2.92. The van der Waals surface area contributed by atoms with Crippen LogP contribution in [0.5, 0.6) is 6.01 Å². The van der Waals surface area contributed by atoms with E-state index in [1.54, 1.807) is 0 Å². The highest BCUT2D eigenvalue weighted by Gasteiger charge is 2.53. The van der Waals surface area contributed by atoms with Crippen LogP contribution < -0.4 is 20.7 Å². The third-order valence-corrected chi connectivity index (χ3v) is 12.2. The van der Waals surface area contributed by atoms with Crippen LogP contribution in [0, 0.1) is 17.6 Å². The molecule has 3 atom stereocenters. The van der Waals surface area contributed by atoms with Gasteiger partial charge in [0.2, 0.25) is 0 Å². The van der Waals surface area contributed by atoms with Crippen molar-refractivity contribution in [3.05, 3.63) is 47.3 Å². The van der Waals surface area contributed by atoms with E-state index in [9.17, 15) is 22.0 Å². The molecule has 6 heterocycles. The van der Waals surface area contributed by atoms with Gasteiger partial charge in [0.15, 0.2) is 10.9 Å². The van der Waals surface area contributed by atoms with E-state index in [1.807, 2.05) is 4.90 Å². The lowest BCUT2D eigenvalue weighted by Gasteiger charge is -2.42. The number of benzene rings is 2. The van der Waals surface area contributed by atoms with Crippen molar-refractivity contribution in [2.75, 3.05) is 43.4 Å². The number of aromatic nitrogens is 3. The van der Waals surface area contributed by atoms with Crippen molar-refractivity contribution in [2.45, 2.75) is 68.2 Å². The zero-order chi connectivity index (χ0) is 33.9. The van der Waals surface area contributed by atoms with Gasteiger partial charge in [0.1, 0.15) is 23.8 Å². The zero-order valence-electron chi connectivity index (χ0n) is 26.3. The van der Waals surface area contributed by atoms with Crippen molar-refractivity contribution in [2.24, 2.45) is 5.92 Å². The standard InChI is InChI=1S/C34H33F6N7OS/c35-12-17-11-32(7-1-9-47(32)13-17)16-48-31-43-26-21(29(44-31)46-14-19-6-8-33(15-46,45-19)18-2-3-18)10-22(34(38,39)40)24(25(26)37)20-4-5-23(36)28-27(20)42-30(41)49-28/h4-5,10,12,18-19,45H,1-3,6-9,11,13-16H2,(H2,41,42)/b17-12+/t19-,32-,33+/m0/s1. The summed E-state index contributed by atoms with van der Waals surface area (Å²) in [6.45, 7) is 2.35. The first-order valence-electron chi connectivity index (χ1n) is 16.6. The lowest BCUT2D eigenvalue weighted by atomic mass is 9.90. The summed E-state index contributed by atoms with van der Waals surface area (Å²) in [4.78, 5) is 17.4. The minimum absolute atomic E-state index is 0.0626. The van der Waals surface area contributed by atoms with Gasteiger partial charge in [-0.2, -0.15) is 23.1 Å². The lowest BCUT2D eigenvalue weighted by molar-refractivity contribution is -0.137. The molecule has 0 amide bonds. The Morgan fingerprint density at radius 2 is 1.94 bits per heavy atom. The number of anilines is 2. The molecule has 0 unspecified atom stereocenters. The molecule has 0 radical (unpaired) electrons. The average Bonchev–Trinajstić information content (AvgIpc) is 3.47. The topological polar surface area (TPSA) is 92.4 Å². The van der Waals surface area contributed by atoms with Crippen LogP contribution in [0.4, 0.5) is 37.3 Å². The number of nitrogens with zero attached hydrogens (tertiary/aromatic N) is 5. The number of piperazine rings is 1. The highest BCUT2D eigenvalue weighted by Crippen LogP contribution is 2.50. The van der Waals surface area contributed by atoms with Crippen LogP contribution in [0.3, 0.4) is 0 Å². The van der Waals surface area contributed by atoms with E-state index in [-0.39, 0.29) is 61.8 Å². The fourth-order valence-corrected chi connectivity index (χ4v) is 9.76. The van der Waals surface area contributed by atoms with Crippen molar-refractivity contribution in [1.82, 2.24) is 25.2 Å². The molecule has 3 N–H and O–H groups in total. The van der Waals surface area contributed by atoms with Crippen LogP contribution >= 0.6 is 11.3 Å². The van der Waals surface area contributed by atoms with Gasteiger partial charge in [0.25, 0.3) is 0 Å². The molecule has 2 aromatic heterocycles. The molecule has 2 bridgehead atoms. The monoisotopic (exact) mass is 701 g/mol. The Morgan fingerprint density at radius 3 is 2.71 bits per heavy atom. The SMILES string of the molecule is Nc1nc2c(-c3c(C(F)(F)F)cc4c(N5C[C@@H]6CC[C@](C7CC7)(C5)N6)nc(OC[C@@]56CCCN5C/C(=C/F)C6)nc4c3F)ccc(F)c2s1. The second-order valence-electron chi connectivity index (χ2n) is 14.3. The van der Waals surface area contributed by atoms with Gasteiger partial charge in [0, 0.05) is 47.7 Å². The molecule has 5 aliphatic rings. The number of halogens is 6. The summed E-state index contributed by atoms with van der Waals surface area (Å²) in [7, 11) is 0. The van der Waals surface area contributed by atoms with E-state index in [0.717, 1.165) is 74.6 Å². The number of hydrogen-bond acceptors (Lipinski definition) is 9. The van der Waals surface area contributed by atoms with Gasteiger partial charge >= 0.3 is 12.2 Å². The molecule has 8 nitrogen and oxygen atoms in total. The van der Waals surface area contributed by atoms with Gasteiger partial charge in [-0.25, -0.2) is 18.2 Å². The number of fused-ring (bicyclic) bond motifs is 5. The Labute approximate surface area is 281 Å². The number of thiazole rings is 1. The van der Waals surface area contributed by atoms with Crippen LogP contribution in [-0.4, -0.2) is 69.8 Å². The molecule has 5 fully saturated rings. The van der Waals surface area contributed by atoms with E-state index in [1.165, 1.54) is 0 Å². The Bertz CT molecular complexity index is 2050. The Balaban J connectivity index is 1.23. The molecule has 4 aliphatic heterocycles. The third kappa shape index (κ3) is 4.97. The van der Waals surface area contributed by atoms with Crippen molar-refractivity contribution >= 4 is 43.4 Å². The molecule has 4 aromatic rings. The second kappa shape index (κ2) is 10.9. The normalized spacial score (nSPS) is 28.0. The molecule has 4 saturated heterocycles. The Morgan fingerprint density at radius 1 is 1.10 bits per heavy atom. The molecule has 258 valence electrons. The number of ether oxygens (including phenoxy) is 1. The van der Waals surface area contributed by atoms with Gasteiger partial charge in [-0.05, 0) is 81.2 Å². The van der Waals surface area contributed by atoms with E-state index in [0.29, 0.717) is 43.9 Å². The molecular weight excluding hydrogens is 668 g/mol. The van der Waals surface area contributed by atoms with Crippen molar-refractivity contribution in [3.63, 3.8) is 0 Å². The molecule has 9 rings (SSSR count). The summed E-state index contributed by atoms with van der Waals surface area (Å²) in [5.41, 5.74) is 3.02. The number of hydrogen-bond donors (Lipinski definition) is 2. The van der Waals surface area contributed by atoms with Crippen LogP contribution in [0.25, 0.3) is 32.2 Å². The Kier molecular flexibility index (Phi) is 6.97. The van der Waals surface area contributed by atoms with Gasteiger partial charge in [-0.15, -0.1) is 0 Å². The van der Waals surface area contributed by atoms with Crippen molar-refractivity contribution in [1.29, 1.82) is 0 Å². The maximum atomic E-state index is 17.1. The van der Waals surface area contributed by atoms with E-state index < -0.39 is 34.5 Å². The van der Waals surface area contributed by atoms with Crippen LogP contribution in [0.15, 0.2) is 30.1 Å². The van der Waals surface area contributed by atoms with Gasteiger partial charge < -0.3 is 20.7 Å². The molecule has 2 aromatic carbocycles. The van der Waals surface area contributed by atoms with Gasteiger partial charge in [-0.3, -0.25) is 4.90 Å². The minimum Gasteiger partial charge on any atom is -0.461 e. The summed E-state index contributed by atoms with van der Waals surface area (Å²) < 4.78 is 96.4. The smallest absolute Gasteiger partial charge is 0.417 e. The van der Waals surface area contributed by atoms with Gasteiger partial charge in [-0.1, -0.05) is 11.3 Å². The number of nitrogens with one attached hydrogen (secondary N) is 1. The van der Waals surface area contributed by atoms with Crippen LogP contribution in [-0.2, 0) is 6.18 Å². The number of nitrogens with two attached hydrogens (primary N) is 1. The summed E-state index contributed by atoms with van der Waals surface area (Å²) in [6.07, 6.45) is 1.79. The molecule has 1 saturated carbocycles. The Hall–Kier alpha value is -3.69. The fourth-order valence-electron chi connectivity index (χ4n) is 8.99. The number of rotatable bonds is 6. The number of alkyl halides is 3. The predicted molar refractivity (Wildman–Crippen MR) is 174 cm³/mol. The average molecular weight is 702 g/mol. The third-order valence-electron chi connectivity index (χ3n) is 11.3. The van der Waals surface area contributed by atoms with E-state index in [4.69, 9.17) is 15.5 Å². The largest absolute Gasteiger partial charge is 0.461 e. The van der Waals surface area contributed by atoms with Crippen LogP contribution in [0.1, 0.15) is 50.5 Å². The lowest BCUT2D eigenvalue weighted by Crippen LogP contribution is -2.61. The first kappa shape index (κ1) is 31.3. The van der Waals surface area contributed by atoms with Crippen molar-refractivity contribution in [3.8, 4) is 17.1 Å². The molecule has 0 spiro atoms. The highest BCUT2D eigenvalue weighted by atomic mass is 32.1. The molecule has 1 aliphatic carbocycles. The maximum Gasteiger partial charge on any atom is 0.417 e. The molecule has 49 heavy (non-hydrogen) atoms. The van der Waals surface area contributed by atoms with E-state index in [2.05, 4.69) is 20.2 Å². The first-order chi connectivity index (χ1) is 23.5. The quantitative estimate of drug-likeness (QED) is 0.208. The summed E-state index contributed by atoms with van der Waals surface area (Å²) in [5.74, 6) is -1.33. The maximum absolute atomic E-state index is 17.1. The van der Waals surface area contributed by atoms with E-state index >= 15 is 4.39 Å². The summed E-state index contributed by atoms with van der Waals surface area (Å²) >= 11 is 0.773. The fraction of sp³-hybridized carbons (Fsp3) is 0.500. The number of nitrogen functional groups attached to an aromatic ring is 1. The zero-order valence-corrected chi connectivity index (χ0v) is 27.2. The minimum atomic E-state index is -4.99. The molecule has 15 heteroatoms. The highest BCUT2D eigenvalue weighted by molar-refractivity contribution is 7.22. The summed E-state index contributed by atoms with van der Waals surface area (Å²) in [5, 5.41) is 3.61. The second-order valence-corrected chi connectivity index (χ2v) is 15.4. The van der Waals surface area contributed by atoms with Crippen LogP contribution in [0.2, 0.25) is 0 Å². The van der Waals surface area contributed by atoms with Gasteiger partial charge in [0.05, 0.1) is 27.6 Å². The first-order valence-corrected chi connectivity index (χ1v) is 17.4. The molecular formula is C34H33F6N7OS.